The maximum Gasteiger partial charge on any atom is 0.228 e. The maximum atomic E-state index is 5.43. The largest absolute Gasteiger partial charge is 0.378 e. The summed E-state index contributed by atoms with van der Waals surface area (Å²) < 4.78 is 5.43. The van der Waals surface area contributed by atoms with Gasteiger partial charge in [0.2, 0.25) is 5.95 Å². The molecular formula is C20H21N5O. The summed E-state index contributed by atoms with van der Waals surface area (Å²) in [5, 5.41) is 5.33. The van der Waals surface area contributed by atoms with Crippen LogP contribution < -0.4 is 10.3 Å². The van der Waals surface area contributed by atoms with E-state index >= 15 is 0 Å². The van der Waals surface area contributed by atoms with Gasteiger partial charge in [0.25, 0.3) is 0 Å². The lowest BCUT2D eigenvalue weighted by molar-refractivity contribution is 0.122. The second-order valence-electron chi connectivity index (χ2n) is 6.27. The molecule has 0 amide bonds. The van der Waals surface area contributed by atoms with Crippen molar-refractivity contribution in [1.29, 1.82) is 0 Å². The highest BCUT2D eigenvalue weighted by Gasteiger charge is 2.16. The fourth-order valence-electron chi connectivity index (χ4n) is 2.97. The standard InChI is InChI=1S/C20H21N5O/c1-15-5-4-6-16(13-15)14-21-24-19-17-7-2-3-8-18(17)22-20(23-19)25-9-11-26-12-10-25/h2-8,13-14H,9-12H2,1H3,(H,22,23,24)/b21-14+. The summed E-state index contributed by atoms with van der Waals surface area (Å²) in [5.41, 5.74) is 6.25. The van der Waals surface area contributed by atoms with E-state index in [1.54, 1.807) is 6.21 Å². The zero-order valence-electron chi connectivity index (χ0n) is 14.7. The molecule has 2 aromatic carbocycles. The predicted molar refractivity (Wildman–Crippen MR) is 105 cm³/mol. The normalized spacial score (nSPS) is 14.9. The average Bonchev–Trinajstić information content (AvgIpc) is 2.68. The number of rotatable bonds is 4. The Morgan fingerprint density at radius 2 is 1.92 bits per heavy atom. The van der Waals surface area contributed by atoms with Crippen LogP contribution in [0.15, 0.2) is 53.6 Å². The third-order valence-corrected chi connectivity index (χ3v) is 4.31. The second kappa shape index (κ2) is 7.49. The molecular weight excluding hydrogens is 326 g/mol. The Labute approximate surface area is 152 Å². The Hall–Kier alpha value is -2.99. The Bertz CT molecular complexity index is 934. The van der Waals surface area contributed by atoms with Crippen molar-refractivity contribution in [2.24, 2.45) is 5.10 Å². The van der Waals surface area contributed by atoms with Gasteiger partial charge in [-0.25, -0.2) is 4.98 Å². The van der Waals surface area contributed by atoms with Crippen molar-refractivity contribution in [3.63, 3.8) is 0 Å². The van der Waals surface area contributed by atoms with E-state index in [9.17, 15) is 0 Å². The number of para-hydroxylation sites is 1. The molecule has 2 heterocycles. The molecule has 1 aliphatic rings. The molecule has 1 aromatic heterocycles. The van der Waals surface area contributed by atoms with Crippen LogP contribution in [0.5, 0.6) is 0 Å². The fraction of sp³-hybridized carbons (Fsp3) is 0.250. The van der Waals surface area contributed by atoms with Gasteiger partial charge >= 0.3 is 0 Å². The molecule has 1 saturated heterocycles. The van der Waals surface area contributed by atoms with Crippen molar-refractivity contribution in [2.75, 3.05) is 36.6 Å². The molecule has 0 saturated carbocycles. The van der Waals surface area contributed by atoms with Crippen LogP contribution in [-0.4, -0.2) is 42.5 Å². The molecule has 4 rings (SSSR count). The summed E-state index contributed by atoms with van der Waals surface area (Å²) in [4.78, 5) is 11.6. The molecule has 26 heavy (non-hydrogen) atoms. The smallest absolute Gasteiger partial charge is 0.228 e. The maximum absolute atomic E-state index is 5.43. The molecule has 0 aliphatic carbocycles. The van der Waals surface area contributed by atoms with Gasteiger partial charge in [0.1, 0.15) is 0 Å². The third-order valence-electron chi connectivity index (χ3n) is 4.31. The number of anilines is 2. The molecule has 1 N–H and O–H groups in total. The molecule has 6 nitrogen and oxygen atoms in total. The number of hydrazone groups is 1. The number of ether oxygens (including phenoxy) is 1. The summed E-state index contributed by atoms with van der Waals surface area (Å²) in [6, 6.07) is 16.2. The Morgan fingerprint density at radius 3 is 2.77 bits per heavy atom. The van der Waals surface area contributed by atoms with Gasteiger partial charge in [-0.05, 0) is 24.6 Å². The average molecular weight is 347 g/mol. The molecule has 6 heteroatoms. The third kappa shape index (κ3) is 3.65. The minimum atomic E-state index is 0.699. The first-order valence-electron chi connectivity index (χ1n) is 8.75. The van der Waals surface area contributed by atoms with Crippen LogP contribution in [0.4, 0.5) is 11.8 Å². The van der Waals surface area contributed by atoms with Gasteiger partial charge < -0.3 is 9.64 Å². The Balaban J connectivity index is 1.64. The van der Waals surface area contributed by atoms with E-state index in [1.807, 2.05) is 36.4 Å². The summed E-state index contributed by atoms with van der Waals surface area (Å²) in [6.07, 6.45) is 1.80. The van der Waals surface area contributed by atoms with Gasteiger partial charge in [-0.15, -0.1) is 0 Å². The van der Waals surface area contributed by atoms with Crippen molar-refractivity contribution >= 4 is 28.9 Å². The van der Waals surface area contributed by atoms with Gasteiger partial charge in [-0.1, -0.05) is 42.0 Å². The Morgan fingerprint density at radius 1 is 1.08 bits per heavy atom. The van der Waals surface area contributed by atoms with Gasteiger partial charge in [-0.2, -0.15) is 10.1 Å². The van der Waals surface area contributed by atoms with Crippen molar-refractivity contribution in [3.05, 3.63) is 59.7 Å². The molecule has 3 aromatic rings. The number of morpholine rings is 1. The highest BCUT2D eigenvalue weighted by molar-refractivity contribution is 5.90. The first kappa shape index (κ1) is 16.5. The highest BCUT2D eigenvalue weighted by Crippen LogP contribution is 2.24. The highest BCUT2D eigenvalue weighted by atomic mass is 16.5. The lowest BCUT2D eigenvalue weighted by Crippen LogP contribution is -2.37. The quantitative estimate of drug-likeness (QED) is 0.580. The molecule has 0 atom stereocenters. The van der Waals surface area contributed by atoms with Crippen molar-refractivity contribution < 1.29 is 4.74 Å². The van der Waals surface area contributed by atoms with E-state index < -0.39 is 0 Å². The summed E-state index contributed by atoms with van der Waals surface area (Å²) >= 11 is 0. The minimum absolute atomic E-state index is 0.699. The molecule has 0 spiro atoms. The lowest BCUT2D eigenvalue weighted by Gasteiger charge is -2.27. The molecule has 132 valence electrons. The van der Waals surface area contributed by atoms with E-state index in [-0.39, 0.29) is 0 Å². The van der Waals surface area contributed by atoms with E-state index in [0.717, 1.165) is 29.6 Å². The molecule has 1 aliphatic heterocycles. The van der Waals surface area contributed by atoms with Crippen molar-refractivity contribution in [1.82, 2.24) is 9.97 Å². The molecule has 1 fully saturated rings. The number of benzene rings is 2. The van der Waals surface area contributed by atoms with Gasteiger partial charge in [0, 0.05) is 18.5 Å². The van der Waals surface area contributed by atoms with E-state index in [0.29, 0.717) is 25.0 Å². The molecule has 0 bridgehead atoms. The minimum Gasteiger partial charge on any atom is -0.378 e. The van der Waals surface area contributed by atoms with Crippen LogP contribution in [0.25, 0.3) is 10.9 Å². The first-order chi connectivity index (χ1) is 12.8. The number of aromatic nitrogens is 2. The zero-order chi connectivity index (χ0) is 17.8. The fourth-order valence-corrected chi connectivity index (χ4v) is 2.97. The number of aryl methyl sites for hydroxylation is 1. The number of nitrogens with one attached hydrogen (secondary N) is 1. The van der Waals surface area contributed by atoms with E-state index in [1.165, 1.54) is 5.56 Å². The van der Waals surface area contributed by atoms with Gasteiger partial charge in [-0.3, -0.25) is 5.43 Å². The van der Waals surface area contributed by atoms with Crippen molar-refractivity contribution in [3.8, 4) is 0 Å². The van der Waals surface area contributed by atoms with Crippen molar-refractivity contribution in [2.45, 2.75) is 6.92 Å². The number of hydrogen-bond donors (Lipinski definition) is 1. The molecule has 0 radical (unpaired) electrons. The second-order valence-corrected chi connectivity index (χ2v) is 6.27. The monoisotopic (exact) mass is 347 g/mol. The number of fused-ring (bicyclic) bond motifs is 1. The predicted octanol–water partition coefficient (Wildman–Crippen LogP) is 3.22. The number of nitrogens with zero attached hydrogens (tertiary/aromatic N) is 4. The summed E-state index contributed by atoms with van der Waals surface area (Å²) in [5.74, 6) is 1.42. The Kier molecular flexibility index (Phi) is 4.75. The first-order valence-corrected chi connectivity index (χ1v) is 8.75. The molecule has 0 unspecified atom stereocenters. The van der Waals surface area contributed by atoms with E-state index in [2.05, 4.69) is 34.5 Å². The summed E-state index contributed by atoms with van der Waals surface area (Å²) in [6.45, 7) is 5.06. The van der Waals surface area contributed by atoms with Crippen LogP contribution in [0, 0.1) is 6.92 Å². The SMILES string of the molecule is Cc1cccc(/C=N/Nc2nc(N3CCOCC3)nc3ccccc23)c1. The zero-order valence-corrected chi connectivity index (χ0v) is 14.7. The van der Waals surface area contributed by atoms with Crippen LogP contribution in [0.2, 0.25) is 0 Å². The van der Waals surface area contributed by atoms with Gasteiger partial charge in [0.15, 0.2) is 5.82 Å². The van der Waals surface area contributed by atoms with Gasteiger partial charge in [0.05, 0.1) is 24.9 Å². The summed E-state index contributed by atoms with van der Waals surface area (Å²) in [7, 11) is 0. The van der Waals surface area contributed by atoms with Crippen LogP contribution in [-0.2, 0) is 4.74 Å². The lowest BCUT2D eigenvalue weighted by atomic mass is 10.2. The van der Waals surface area contributed by atoms with Crippen LogP contribution >= 0.6 is 0 Å². The van der Waals surface area contributed by atoms with Crippen LogP contribution in [0.1, 0.15) is 11.1 Å². The number of hydrogen-bond acceptors (Lipinski definition) is 6. The topological polar surface area (TPSA) is 62.6 Å². The van der Waals surface area contributed by atoms with E-state index in [4.69, 9.17) is 14.7 Å². The van der Waals surface area contributed by atoms with Crippen LogP contribution in [0.3, 0.4) is 0 Å².